The van der Waals surface area contributed by atoms with Crippen LogP contribution in [0.1, 0.15) is 31.0 Å². The van der Waals surface area contributed by atoms with Crippen LogP contribution in [0.4, 0.5) is 19.0 Å². The van der Waals surface area contributed by atoms with Crippen LogP contribution in [0.25, 0.3) is 0 Å². The molecule has 0 aliphatic heterocycles. The van der Waals surface area contributed by atoms with Crippen LogP contribution in [0, 0.1) is 6.92 Å². The SMILES string of the molecule is CCN(CC(F)(F)F)c1cc(CNC2CC2)cc(C)n1. The van der Waals surface area contributed by atoms with E-state index in [1.807, 2.05) is 13.0 Å². The fourth-order valence-electron chi connectivity index (χ4n) is 2.11. The average molecular weight is 287 g/mol. The normalized spacial score (nSPS) is 15.4. The van der Waals surface area contributed by atoms with Crippen molar-refractivity contribution in [2.45, 2.75) is 45.5 Å². The van der Waals surface area contributed by atoms with E-state index in [1.165, 1.54) is 17.7 Å². The summed E-state index contributed by atoms with van der Waals surface area (Å²) in [6.45, 7) is 3.52. The topological polar surface area (TPSA) is 28.2 Å². The van der Waals surface area contributed by atoms with Crippen molar-refractivity contribution in [2.24, 2.45) is 0 Å². The highest BCUT2D eigenvalue weighted by molar-refractivity contribution is 5.42. The van der Waals surface area contributed by atoms with Crippen LogP contribution in [0.3, 0.4) is 0 Å². The summed E-state index contributed by atoms with van der Waals surface area (Å²) >= 11 is 0. The standard InChI is InChI=1S/C14H20F3N3/c1-3-20(9-14(15,16)17)13-7-11(6-10(2)19-13)8-18-12-4-5-12/h6-7,12,18H,3-5,8-9H2,1-2H3. The minimum Gasteiger partial charge on any atom is -0.348 e. The van der Waals surface area contributed by atoms with Crippen LogP contribution in [0.5, 0.6) is 0 Å². The van der Waals surface area contributed by atoms with Crippen molar-refractivity contribution in [1.29, 1.82) is 0 Å². The van der Waals surface area contributed by atoms with Crippen molar-refractivity contribution in [1.82, 2.24) is 10.3 Å². The van der Waals surface area contributed by atoms with Crippen LogP contribution in [-0.4, -0.2) is 30.3 Å². The fraction of sp³-hybridized carbons (Fsp3) is 0.643. The first-order valence-corrected chi connectivity index (χ1v) is 6.90. The zero-order valence-electron chi connectivity index (χ0n) is 11.8. The minimum absolute atomic E-state index is 0.283. The number of hydrogen-bond donors (Lipinski definition) is 1. The molecule has 0 atom stereocenters. The molecule has 0 saturated heterocycles. The minimum atomic E-state index is -4.21. The Morgan fingerprint density at radius 1 is 1.35 bits per heavy atom. The molecular formula is C14H20F3N3. The summed E-state index contributed by atoms with van der Waals surface area (Å²) in [7, 11) is 0. The largest absolute Gasteiger partial charge is 0.405 e. The van der Waals surface area contributed by atoms with E-state index in [0.717, 1.165) is 11.3 Å². The van der Waals surface area contributed by atoms with Crippen molar-refractivity contribution in [3.63, 3.8) is 0 Å². The summed E-state index contributed by atoms with van der Waals surface area (Å²) in [5.74, 6) is 0.400. The van der Waals surface area contributed by atoms with E-state index in [9.17, 15) is 13.2 Å². The second kappa shape index (κ2) is 5.99. The van der Waals surface area contributed by atoms with Crippen LogP contribution in [0.15, 0.2) is 12.1 Å². The first kappa shape index (κ1) is 15.1. The van der Waals surface area contributed by atoms with Crippen LogP contribution in [-0.2, 0) is 6.54 Å². The quantitative estimate of drug-likeness (QED) is 0.871. The highest BCUT2D eigenvalue weighted by atomic mass is 19.4. The molecule has 1 aliphatic rings. The molecule has 0 radical (unpaired) electrons. The van der Waals surface area contributed by atoms with E-state index in [2.05, 4.69) is 10.3 Å². The number of hydrogen-bond acceptors (Lipinski definition) is 3. The monoisotopic (exact) mass is 287 g/mol. The molecule has 2 rings (SSSR count). The summed E-state index contributed by atoms with van der Waals surface area (Å²) in [4.78, 5) is 5.49. The second-order valence-corrected chi connectivity index (χ2v) is 5.26. The molecule has 112 valence electrons. The number of alkyl halides is 3. The van der Waals surface area contributed by atoms with Gasteiger partial charge in [0.1, 0.15) is 12.4 Å². The van der Waals surface area contributed by atoms with E-state index in [1.54, 1.807) is 13.0 Å². The predicted molar refractivity (Wildman–Crippen MR) is 72.8 cm³/mol. The summed E-state index contributed by atoms with van der Waals surface area (Å²) in [5.41, 5.74) is 1.73. The molecule has 1 saturated carbocycles. The Morgan fingerprint density at radius 2 is 2.05 bits per heavy atom. The Kier molecular flexibility index (Phi) is 4.52. The molecule has 0 unspecified atom stereocenters. The van der Waals surface area contributed by atoms with Crippen LogP contribution in [0.2, 0.25) is 0 Å². The van der Waals surface area contributed by atoms with Gasteiger partial charge in [-0.05, 0) is 44.4 Å². The first-order valence-electron chi connectivity index (χ1n) is 6.90. The third-order valence-corrected chi connectivity index (χ3v) is 3.25. The van der Waals surface area contributed by atoms with Crippen molar-refractivity contribution >= 4 is 5.82 Å². The Bertz CT molecular complexity index is 455. The van der Waals surface area contributed by atoms with Gasteiger partial charge < -0.3 is 10.2 Å². The lowest BCUT2D eigenvalue weighted by Gasteiger charge is -2.24. The first-order chi connectivity index (χ1) is 9.37. The number of halogens is 3. The zero-order valence-corrected chi connectivity index (χ0v) is 11.8. The molecule has 0 aromatic carbocycles. The second-order valence-electron chi connectivity index (χ2n) is 5.26. The van der Waals surface area contributed by atoms with Crippen molar-refractivity contribution in [3.05, 3.63) is 23.4 Å². The predicted octanol–water partition coefficient (Wildman–Crippen LogP) is 3.03. The number of aromatic nitrogens is 1. The van der Waals surface area contributed by atoms with Gasteiger partial charge in [0.2, 0.25) is 0 Å². The molecule has 1 N–H and O–H groups in total. The molecule has 0 amide bonds. The van der Waals surface area contributed by atoms with Gasteiger partial charge in [-0.25, -0.2) is 4.98 Å². The molecule has 1 aromatic heterocycles. The lowest BCUT2D eigenvalue weighted by atomic mass is 10.2. The lowest BCUT2D eigenvalue weighted by Crippen LogP contribution is -2.34. The van der Waals surface area contributed by atoms with E-state index in [4.69, 9.17) is 0 Å². The van der Waals surface area contributed by atoms with Gasteiger partial charge in [0.15, 0.2) is 0 Å². The molecule has 3 nitrogen and oxygen atoms in total. The average Bonchev–Trinajstić information content (AvgIpc) is 3.15. The number of aryl methyl sites for hydroxylation is 1. The zero-order chi connectivity index (χ0) is 14.8. The third-order valence-electron chi connectivity index (χ3n) is 3.25. The van der Waals surface area contributed by atoms with E-state index in [0.29, 0.717) is 18.4 Å². The molecule has 1 fully saturated rings. The Balaban J connectivity index is 2.11. The molecule has 20 heavy (non-hydrogen) atoms. The van der Waals surface area contributed by atoms with E-state index < -0.39 is 12.7 Å². The van der Waals surface area contributed by atoms with Crippen molar-refractivity contribution in [2.75, 3.05) is 18.0 Å². The van der Waals surface area contributed by atoms with E-state index >= 15 is 0 Å². The highest BCUT2D eigenvalue weighted by Crippen LogP contribution is 2.23. The maximum atomic E-state index is 12.6. The van der Waals surface area contributed by atoms with Gasteiger partial charge in [-0.15, -0.1) is 0 Å². The van der Waals surface area contributed by atoms with Crippen molar-refractivity contribution in [3.8, 4) is 0 Å². The van der Waals surface area contributed by atoms with Gasteiger partial charge in [-0.3, -0.25) is 0 Å². The summed E-state index contributed by atoms with van der Waals surface area (Å²) in [6.07, 6.45) is -1.84. The third kappa shape index (κ3) is 4.67. The summed E-state index contributed by atoms with van der Waals surface area (Å²) < 4.78 is 37.7. The van der Waals surface area contributed by atoms with Gasteiger partial charge in [0.25, 0.3) is 0 Å². The number of pyridine rings is 1. The number of nitrogens with zero attached hydrogens (tertiary/aromatic N) is 2. The summed E-state index contributed by atoms with van der Waals surface area (Å²) in [5, 5.41) is 3.36. The Labute approximate surface area is 117 Å². The molecule has 1 aliphatic carbocycles. The molecule has 1 heterocycles. The Morgan fingerprint density at radius 3 is 2.60 bits per heavy atom. The summed E-state index contributed by atoms with van der Waals surface area (Å²) in [6, 6.07) is 4.24. The van der Waals surface area contributed by atoms with Gasteiger partial charge in [-0.1, -0.05) is 0 Å². The van der Waals surface area contributed by atoms with Crippen molar-refractivity contribution < 1.29 is 13.2 Å². The molecule has 0 bridgehead atoms. The maximum absolute atomic E-state index is 12.6. The van der Waals surface area contributed by atoms with Gasteiger partial charge in [0, 0.05) is 24.8 Å². The number of rotatable bonds is 6. The van der Waals surface area contributed by atoms with Gasteiger partial charge in [-0.2, -0.15) is 13.2 Å². The molecule has 6 heteroatoms. The van der Waals surface area contributed by atoms with Gasteiger partial charge in [0.05, 0.1) is 0 Å². The smallest absolute Gasteiger partial charge is 0.348 e. The van der Waals surface area contributed by atoms with E-state index in [-0.39, 0.29) is 6.54 Å². The highest BCUT2D eigenvalue weighted by Gasteiger charge is 2.31. The number of nitrogens with one attached hydrogen (secondary N) is 1. The van der Waals surface area contributed by atoms with Gasteiger partial charge >= 0.3 is 6.18 Å². The fourth-order valence-corrected chi connectivity index (χ4v) is 2.11. The van der Waals surface area contributed by atoms with Crippen LogP contribution >= 0.6 is 0 Å². The number of anilines is 1. The Hall–Kier alpha value is -1.30. The molecular weight excluding hydrogens is 267 g/mol. The lowest BCUT2D eigenvalue weighted by molar-refractivity contribution is -0.119. The maximum Gasteiger partial charge on any atom is 0.405 e. The molecule has 0 spiro atoms. The van der Waals surface area contributed by atoms with Crippen LogP contribution < -0.4 is 10.2 Å². The molecule has 1 aromatic rings.